The summed E-state index contributed by atoms with van der Waals surface area (Å²) >= 11 is 5.45. The molecule has 0 aliphatic heterocycles. The monoisotopic (exact) mass is 201 g/mol. The molecule has 1 aromatic rings. The lowest BCUT2D eigenvalue weighted by Gasteiger charge is -2.00. The molecule has 0 radical (unpaired) electrons. The number of alkyl halides is 1. The van der Waals surface area contributed by atoms with E-state index in [0.29, 0.717) is 25.3 Å². The average Bonchev–Trinajstić information content (AvgIpc) is 2.64. The highest BCUT2D eigenvalue weighted by Crippen LogP contribution is 1.99. The molecule has 0 saturated heterocycles. The molecule has 0 aliphatic carbocycles. The largest absolute Gasteiger partial charge is 0.467 e. The van der Waals surface area contributed by atoms with E-state index in [9.17, 15) is 4.79 Å². The van der Waals surface area contributed by atoms with Crippen molar-refractivity contribution in [2.45, 2.75) is 19.4 Å². The molecular formula is C9H12ClNO2. The Balaban J connectivity index is 2.15. The summed E-state index contributed by atoms with van der Waals surface area (Å²) in [5.74, 6) is 1.30. The summed E-state index contributed by atoms with van der Waals surface area (Å²) in [6.07, 6.45) is 2.77. The van der Waals surface area contributed by atoms with E-state index < -0.39 is 0 Å². The summed E-state index contributed by atoms with van der Waals surface area (Å²) < 4.78 is 5.05. The van der Waals surface area contributed by atoms with E-state index in [0.717, 1.165) is 5.76 Å². The molecule has 1 N–H and O–H groups in total. The topological polar surface area (TPSA) is 42.2 Å². The minimum atomic E-state index is 0.0112. The molecule has 1 rings (SSSR count). The number of amides is 1. The van der Waals surface area contributed by atoms with E-state index in [1.807, 2.05) is 6.07 Å². The van der Waals surface area contributed by atoms with Crippen molar-refractivity contribution in [3.05, 3.63) is 24.2 Å². The Labute approximate surface area is 82.1 Å². The van der Waals surface area contributed by atoms with Crippen LogP contribution in [0, 0.1) is 0 Å². The Bertz CT molecular complexity index is 246. The first-order valence-electron chi connectivity index (χ1n) is 4.18. The summed E-state index contributed by atoms with van der Waals surface area (Å²) in [6, 6.07) is 3.61. The molecule has 13 heavy (non-hydrogen) atoms. The molecule has 4 heteroatoms. The molecule has 3 nitrogen and oxygen atoms in total. The van der Waals surface area contributed by atoms with Gasteiger partial charge in [0.1, 0.15) is 5.76 Å². The van der Waals surface area contributed by atoms with Gasteiger partial charge in [-0.3, -0.25) is 4.79 Å². The predicted molar refractivity (Wildman–Crippen MR) is 50.5 cm³/mol. The third-order valence-corrected chi connectivity index (χ3v) is 1.84. The third kappa shape index (κ3) is 3.99. The molecule has 0 aliphatic rings. The van der Waals surface area contributed by atoms with Crippen molar-refractivity contribution in [2.75, 3.05) is 5.88 Å². The Morgan fingerprint density at radius 3 is 3.08 bits per heavy atom. The van der Waals surface area contributed by atoms with Crippen molar-refractivity contribution in [3.63, 3.8) is 0 Å². The standard InChI is InChI=1S/C9H12ClNO2/c10-5-1-4-9(12)11-7-8-3-2-6-13-8/h2-3,6H,1,4-5,7H2,(H,11,12). The highest BCUT2D eigenvalue weighted by molar-refractivity contribution is 6.17. The van der Waals surface area contributed by atoms with Gasteiger partial charge in [0, 0.05) is 12.3 Å². The zero-order valence-electron chi connectivity index (χ0n) is 7.25. The molecule has 0 spiro atoms. The number of furan rings is 1. The molecule has 1 amide bonds. The Hall–Kier alpha value is -0.960. The lowest BCUT2D eigenvalue weighted by atomic mass is 10.3. The Kier molecular flexibility index (Phi) is 4.40. The number of carbonyl (C=O) groups is 1. The predicted octanol–water partition coefficient (Wildman–Crippen LogP) is 1.91. The van der Waals surface area contributed by atoms with Gasteiger partial charge in [0.15, 0.2) is 0 Å². The maximum atomic E-state index is 11.1. The molecule has 0 aromatic carbocycles. The quantitative estimate of drug-likeness (QED) is 0.740. The zero-order chi connectivity index (χ0) is 9.52. The van der Waals surface area contributed by atoms with Crippen molar-refractivity contribution < 1.29 is 9.21 Å². The fraction of sp³-hybridized carbons (Fsp3) is 0.444. The van der Waals surface area contributed by atoms with Crippen LogP contribution in [0.2, 0.25) is 0 Å². The zero-order valence-corrected chi connectivity index (χ0v) is 8.01. The second-order valence-electron chi connectivity index (χ2n) is 2.65. The minimum absolute atomic E-state index is 0.0112. The first-order chi connectivity index (χ1) is 6.33. The molecular weight excluding hydrogens is 190 g/mol. The van der Waals surface area contributed by atoms with Crippen LogP contribution in [0.1, 0.15) is 18.6 Å². The summed E-state index contributed by atoms with van der Waals surface area (Å²) in [5, 5.41) is 2.73. The van der Waals surface area contributed by atoms with Crippen LogP contribution in [-0.2, 0) is 11.3 Å². The first-order valence-corrected chi connectivity index (χ1v) is 4.71. The molecule has 0 saturated carbocycles. The second kappa shape index (κ2) is 5.65. The van der Waals surface area contributed by atoms with Crippen molar-refractivity contribution in [3.8, 4) is 0 Å². The highest BCUT2D eigenvalue weighted by Gasteiger charge is 2.01. The van der Waals surface area contributed by atoms with Gasteiger partial charge in [0.2, 0.25) is 5.91 Å². The lowest BCUT2D eigenvalue weighted by molar-refractivity contribution is -0.121. The minimum Gasteiger partial charge on any atom is -0.467 e. The van der Waals surface area contributed by atoms with Crippen molar-refractivity contribution in [2.24, 2.45) is 0 Å². The highest BCUT2D eigenvalue weighted by atomic mass is 35.5. The maximum absolute atomic E-state index is 11.1. The average molecular weight is 202 g/mol. The van der Waals surface area contributed by atoms with E-state index >= 15 is 0 Å². The van der Waals surface area contributed by atoms with Crippen molar-refractivity contribution >= 4 is 17.5 Å². The van der Waals surface area contributed by atoms with E-state index in [2.05, 4.69) is 5.32 Å². The van der Waals surface area contributed by atoms with E-state index in [1.165, 1.54) is 0 Å². The summed E-state index contributed by atoms with van der Waals surface area (Å²) in [5.41, 5.74) is 0. The molecule has 0 bridgehead atoms. The van der Waals surface area contributed by atoms with Gasteiger partial charge in [0.05, 0.1) is 12.8 Å². The van der Waals surface area contributed by atoms with Gasteiger partial charge in [-0.1, -0.05) is 0 Å². The van der Waals surface area contributed by atoms with Gasteiger partial charge in [-0.2, -0.15) is 0 Å². The van der Waals surface area contributed by atoms with E-state index in [4.69, 9.17) is 16.0 Å². The molecule has 72 valence electrons. The second-order valence-corrected chi connectivity index (χ2v) is 3.03. The third-order valence-electron chi connectivity index (χ3n) is 1.58. The molecule has 1 aromatic heterocycles. The SMILES string of the molecule is O=C(CCCCl)NCc1ccco1. The lowest BCUT2D eigenvalue weighted by Crippen LogP contribution is -2.22. The smallest absolute Gasteiger partial charge is 0.220 e. The number of hydrogen-bond acceptors (Lipinski definition) is 2. The molecule has 0 unspecified atom stereocenters. The van der Waals surface area contributed by atoms with Gasteiger partial charge in [-0.25, -0.2) is 0 Å². The maximum Gasteiger partial charge on any atom is 0.220 e. The normalized spacial score (nSPS) is 9.92. The number of halogens is 1. The van der Waals surface area contributed by atoms with Crippen LogP contribution < -0.4 is 5.32 Å². The summed E-state index contributed by atoms with van der Waals surface area (Å²) in [7, 11) is 0. The van der Waals surface area contributed by atoms with E-state index in [1.54, 1.807) is 12.3 Å². The summed E-state index contributed by atoms with van der Waals surface area (Å²) in [4.78, 5) is 11.1. The van der Waals surface area contributed by atoms with Gasteiger partial charge in [-0.05, 0) is 18.6 Å². The Morgan fingerprint density at radius 1 is 1.62 bits per heavy atom. The van der Waals surface area contributed by atoms with Gasteiger partial charge >= 0.3 is 0 Å². The van der Waals surface area contributed by atoms with Crippen LogP contribution >= 0.6 is 11.6 Å². The first kappa shape index (κ1) is 10.1. The van der Waals surface area contributed by atoms with Crippen molar-refractivity contribution in [1.29, 1.82) is 0 Å². The molecule has 0 fully saturated rings. The molecule has 1 heterocycles. The summed E-state index contributed by atoms with van der Waals surface area (Å²) in [6.45, 7) is 0.452. The van der Waals surface area contributed by atoms with E-state index in [-0.39, 0.29) is 5.91 Å². The number of rotatable bonds is 5. The van der Waals surface area contributed by atoms with Gasteiger partial charge < -0.3 is 9.73 Å². The van der Waals surface area contributed by atoms with Crippen LogP contribution in [0.25, 0.3) is 0 Å². The fourth-order valence-corrected chi connectivity index (χ4v) is 1.05. The van der Waals surface area contributed by atoms with Crippen LogP contribution in [0.5, 0.6) is 0 Å². The number of nitrogens with one attached hydrogen (secondary N) is 1. The van der Waals surface area contributed by atoms with Crippen molar-refractivity contribution in [1.82, 2.24) is 5.32 Å². The van der Waals surface area contributed by atoms with Gasteiger partial charge in [0.25, 0.3) is 0 Å². The van der Waals surface area contributed by atoms with Crippen LogP contribution in [0.3, 0.4) is 0 Å². The fourth-order valence-electron chi connectivity index (χ4n) is 0.915. The van der Waals surface area contributed by atoms with Crippen LogP contribution in [-0.4, -0.2) is 11.8 Å². The van der Waals surface area contributed by atoms with Crippen LogP contribution in [0.4, 0.5) is 0 Å². The number of carbonyl (C=O) groups excluding carboxylic acids is 1. The Morgan fingerprint density at radius 2 is 2.46 bits per heavy atom. The van der Waals surface area contributed by atoms with Crippen LogP contribution in [0.15, 0.2) is 22.8 Å². The number of hydrogen-bond donors (Lipinski definition) is 1. The molecule has 0 atom stereocenters. The van der Waals surface area contributed by atoms with Gasteiger partial charge in [-0.15, -0.1) is 11.6 Å².